The van der Waals surface area contributed by atoms with E-state index in [4.69, 9.17) is 0 Å². The molecule has 0 unspecified atom stereocenters. The summed E-state index contributed by atoms with van der Waals surface area (Å²) in [4.78, 5) is 4.10. The highest BCUT2D eigenvalue weighted by Gasteiger charge is 2.32. The van der Waals surface area contributed by atoms with Gasteiger partial charge in [0.2, 0.25) is 3.83 Å². The molecule has 0 atom stereocenters. The molecule has 2 rings (SSSR count). The molecule has 1 aromatic rings. The standard InChI is InChI=1S/C8H12IN3/c1-8(3-2-4-8)5-12-6-10-7(9)11-12/h6H,2-5H2,1H3. The number of aromatic nitrogens is 3. The fraction of sp³-hybridized carbons (Fsp3) is 0.750. The van der Waals surface area contributed by atoms with Gasteiger partial charge in [0.25, 0.3) is 0 Å². The van der Waals surface area contributed by atoms with Crippen LogP contribution in [0.25, 0.3) is 0 Å². The molecule has 12 heavy (non-hydrogen) atoms. The van der Waals surface area contributed by atoms with Crippen LogP contribution in [0.4, 0.5) is 0 Å². The molecule has 1 fully saturated rings. The third-order valence-corrected chi connectivity index (χ3v) is 3.11. The Morgan fingerprint density at radius 2 is 2.42 bits per heavy atom. The van der Waals surface area contributed by atoms with Crippen molar-refractivity contribution in [2.75, 3.05) is 0 Å². The number of hydrogen-bond donors (Lipinski definition) is 0. The fourth-order valence-corrected chi connectivity index (χ4v) is 2.08. The van der Waals surface area contributed by atoms with E-state index in [9.17, 15) is 0 Å². The predicted molar refractivity (Wildman–Crippen MR) is 54.7 cm³/mol. The molecule has 66 valence electrons. The molecule has 1 aliphatic carbocycles. The first-order chi connectivity index (χ1) is 5.68. The highest BCUT2D eigenvalue weighted by molar-refractivity contribution is 14.1. The van der Waals surface area contributed by atoms with Gasteiger partial charge in [-0.3, -0.25) is 4.68 Å². The van der Waals surface area contributed by atoms with Crippen molar-refractivity contribution in [2.45, 2.75) is 32.7 Å². The lowest BCUT2D eigenvalue weighted by molar-refractivity contribution is 0.125. The van der Waals surface area contributed by atoms with Gasteiger partial charge in [-0.25, -0.2) is 4.98 Å². The first-order valence-corrected chi connectivity index (χ1v) is 5.31. The molecule has 0 saturated heterocycles. The Bertz CT molecular complexity index is 278. The maximum atomic E-state index is 4.27. The van der Waals surface area contributed by atoms with Crippen LogP contribution in [0.3, 0.4) is 0 Å². The van der Waals surface area contributed by atoms with E-state index in [0.29, 0.717) is 5.41 Å². The quantitative estimate of drug-likeness (QED) is 0.775. The van der Waals surface area contributed by atoms with Gasteiger partial charge >= 0.3 is 0 Å². The molecule has 0 bridgehead atoms. The minimum Gasteiger partial charge on any atom is -0.251 e. The molecule has 0 amide bonds. The first kappa shape index (κ1) is 8.47. The molecule has 1 saturated carbocycles. The number of rotatable bonds is 2. The lowest BCUT2D eigenvalue weighted by Gasteiger charge is -2.37. The van der Waals surface area contributed by atoms with E-state index in [-0.39, 0.29) is 0 Å². The smallest absolute Gasteiger partial charge is 0.211 e. The van der Waals surface area contributed by atoms with E-state index >= 15 is 0 Å². The SMILES string of the molecule is CC1(Cn2cnc(I)n2)CCC1. The Labute approximate surface area is 85.7 Å². The van der Waals surface area contributed by atoms with Crippen LogP contribution in [0, 0.1) is 9.25 Å². The molecular weight excluding hydrogens is 265 g/mol. The summed E-state index contributed by atoms with van der Waals surface area (Å²) in [6.45, 7) is 3.36. The van der Waals surface area contributed by atoms with Crippen molar-refractivity contribution in [1.29, 1.82) is 0 Å². The van der Waals surface area contributed by atoms with E-state index in [1.807, 2.05) is 11.0 Å². The third kappa shape index (κ3) is 1.62. The average molecular weight is 277 g/mol. The summed E-state index contributed by atoms with van der Waals surface area (Å²) in [6.07, 6.45) is 5.88. The summed E-state index contributed by atoms with van der Waals surface area (Å²) < 4.78 is 2.80. The molecule has 0 radical (unpaired) electrons. The Hall–Kier alpha value is -0.130. The first-order valence-electron chi connectivity index (χ1n) is 4.23. The van der Waals surface area contributed by atoms with E-state index in [1.165, 1.54) is 19.3 Å². The Balaban J connectivity index is 2.03. The van der Waals surface area contributed by atoms with Gasteiger partial charge in [0.15, 0.2) is 0 Å². The Morgan fingerprint density at radius 3 is 2.83 bits per heavy atom. The van der Waals surface area contributed by atoms with Crippen LogP contribution in [0.2, 0.25) is 0 Å². The van der Waals surface area contributed by atoms with Gasteiger partial charge in [0.05, 0.1) is 0 Å². The van der Waals surface area contributed by atoms with Crippen LogP contribution in [0.15, 0.2) is 6.33 Å². The van der Waals surface area contributed by atoms with Crippen molar-refractivity contribution in [3.05, 3.63) is 10.2 Å². The van der Waals surface area contributed by atoms with Gasteiger partial charge in [0, 0.05) is 29.1 Å². The summed E-state index contributed by atoms with van der Waals surface area (Å²) in [5.41, 5.74) is 0.497. The molecule has 0 N–H and O–H groups in total. The van der Waals surface area contributed by atoms with E-state index in [2.05, 4.69) is 39.6 Å². The number of halogens is 1. The molecule has 0 spiro atoms. The van der Waals surface area contributed by atoms with E-state index < -0.39 is 0 Å². The molecule has 1 aliphatic rings. The van der Waals surface area contributed by atoms with E-state index in [0.717, 1.165) is 10.4 Å². The predicted octanol–water partition coefficient (Wildman–Crippen LogP) is 2.07. The van der Waals surface area contributed by atoms with Crippen molar-refractivity contribution >= 4 is 22.6 Å². The minimum atomic E-state index is 0.497. The lowest BCUT2D eigenvalue weighted by Crippen LogP contribution is -2.30. The number of hydrogen-bond acceptors (Lipinski definition) is 2. The van der Waals surface area contributed by atoms with Gasteiger partial charge in [-0.05, 0) is 18.3 Å². The van der Waals surface area contributed by atoms with E-state index in [1.54, 1.807) is 0 Å². The van der Waals surface area contributed by atoms with Crippen molar-refractivity contribution < 1.29 is 0 Å². The highest BCUT2D eigenvalue weighted by Crippen LogP contribution is 2.41. The van der Waals surface area contributed by atoms with Crippen LogP contribution in [0.1, 0.15) is 26.2 Å². The average Bonchev–Trinajstić information content (AvgIpc) is 2.32. The summed E-state index contributed by atoms with van der Waals surface area (Å²) in [7, 11) is 0. The summed E-state index contributed by atoms with van der Waals surface area (Å²) in [6, 6.07) is 0. The Morgan fingerprint density at radius 1 is 1.67 bits per heavy atom. The largest absolute Gasteiger partial charge is 0.251 e. The topological polar surface area (TPSA) is 30.7 Å². The molecule has 0 aromatic carbocycles. The summed E-state index contributed by atoms with van der Waals surface area (Å²) in [5, 5.41) is 4.27. The molecule has 1 aromatic heterocycles. The second kappa shape index (κ2) is 2.97. The fourth-order valence-electron chi connectivity index (χ4n) is 1.68. The summed E-state index contributed by atoms with van der Waals surface area (Å²) in [5.74, 6) is 0. The van der Waals surface area contributed by atoms with Crippen molar-refractivity contribution in [2.24, 2.45) is 5.41 Å². The minimum absolute atomic E-state index is 0.497. The zero-order valence-electron chi connectivity index (χ0n) is 7.13. The molecular formula is C8H12IN3. The van der Waals surface area contributed by atoms with Gasteiger partial charge in [-0.1, -0.05) is 13.3 Å². The van der Waals surface area contributed by atoms with Crippen LogP contribution in [0.5, 0.6) is 0 Å². The van der Waals surface area contributed by atoms with Gasteiger partial charge in [0.1, 0.15) is 6.33 Å². The second-order valence-corrected chi connectivity index (χ2v) is 4.84. The monoisotopic (exact) mass is 277 g/mol. The van der Waals surface area contributed by atoms with Crippen molar-refractivity contribution in [3.8, 4) is 0 Å². The van der Waals surface area contributed by atoms with Crippen LogP contribution in [-0.2, 0) is 6.54 Å². The molecule has 4 heteroatoms. The van der Waals surface area contributed by atoms with Crippen LogP contribution < -0.4 is 0 Å². The second-order valence-electron chi connectivity index (χ2n) is 3.88. The zero-order chi connectivity index (χ0) is 8.60. The number of nitrogens with zero attached hydrogens (tertiary/aromatic N) is 3. The van der Waals surface area contributed by atoms with Crippen molar-refractivity contribution in [3.63, 3.8) is 0 Å². The molecule has 3 nitrogen and oxygen atoms in total. The highest BCUT2D eigenvalue weighted by atomic mass is 127. The third-order valence-electron chi connectivity index (χ3n) is 2.61. The summed E-state index contributed by atoms with van der Waals surface area (Å²) >= 11 is 2.14. The Kier molecular flexibility index (Phi) is 2.10. The zero-order valence-corrected chi connectivity index (χ0v) is 9.28. The van der Waals surface area contributed by atoms with Gasteiger partial charge < -0.3 is 0 Å². The van der Waals surface area contributed by atoms with Gasteiger partial charge in [-0.15, -0.1) is 5.10 Å². The normalized spacial score (nSPS) is 20.5. The lowest BCUT2D eigenvalue weighted by atomic mass is 9.70. The maximum Gasteiger partial charge on any atom is 0.211 e. The maximum absolute atomic E-state index is 4.27. The van der Waals surface area contributed by atoms with Crippen molar-refractivity contribution in [1.82, 2.24) is 14.8 Å². The van der Waals surface area contributed by atoms with Crippen LogP contribution in [-0.4, -0.2) is 14.8 Å². The molecule has 1 heterocycles. The van der Waals surface area contributed by atoms with Gasteiger partial charge in [-0.2, -0.15) is 0 Å². The molecule has 0 aliphatic heterocycles. The van der Waals surface area contributed by atoms with Crippen LogP contribution >= 0.6 is 22.6 Å².